The Labute approximate surface area is 126 Å². The van der Waals surface area contributed by atoms with Gasteiger partial charge in [0.25, 0.3) is 0 Å². The first-order chi connectivity index (χ1) is 8.51. The molecule has 0 bridgehead atoms. The number of hydrogen-bond donors (Lipinski definition) is 0. The molecule has 3 nitrogen and oxygen atoms in total. The van der Waals surface area contributed by atoms with Crippen LogP contribution in [-0.2, 0) is 20.0 Å². The smallest absolute Gasteiger partial charge is 0.0767 e. The maximum Gasteiger partial charge on any atom is 0.0767 e. The van der Waals surface area contributed by atoms with Crippen molar-refractivity contribution in [2.24, 2.45) is 13.0 Å². The predicted octanol–water partition coefficient (Wildman–Crippen LogP) is 3.35. The minimum absolute atomic E-state index is 0.756. The van der Waals surface area contributed by atoms with Gasteiger partial charge in [0, 0.05) is 25.0 Å². The summed E-state index contributed by atoms with van der Waals surface area (Å²) < 4.78 is 3.19. The first-order valence-electron chi connectivity index (χ1n) is 6.54. The highest BCUT2D eigenvalue weighted by Gasteiger charge is 2.28. The molecule has 0 aromatic carbocycles. The van der Waals surface area contributed by atoms with Crippen molar-refractivity contribution in [3.63, 3.8) is 0 Å². The molecule has 5 heteroatoms. The maximum atomic E-state index is 4.54. The molecule has 0 unspecified atom stereocenters. The summed E-state index contributed by atoms with van der Waals surface area (Å²) in [6.45, 7) is 4.29. The fourth-order valence-electron chi connectivity index (χ4n) is 2.56. The second-order valence-corrected chi connectivity index (χ2v) is 7.40. The largest absolute Gasteiger partial charge is 0.300 e. The molecule has 1 saturated carbocycles. The quantitative estimate of drug-likeness (QED) is 0.732. The third-order valence-corrected chi connectivity index (χ3v) is 5.33. The van der Waals surface area contributed by atoms with E-state index in [1.807, 2.05) is 11.7 Å². The van der Waals surface area contributed by atoms with Crippen molar-refractivity contribution in [2.75, 3.05) is 13.6 Å². The van der Waals surface area contributed by atoms with Crippen LogP contribution >= 0.6 is 31.9 Å². The topological polar surface area (TPSA) is 21.1 Å². The molecule has 18 heavy (non-hydrogen) atoms. The Hall–Kier alpha value is 0.130. The van der Waals surface area contributed by atoms with E-state index in [4.69, 9.17) is 0 Å². The van der Waals surface area contributed by atoms with Gasteiger partial charge in [-0.15, -0.1) is 0 Å². The van der Waals surface area contributed by atoms with E-state index in [2.05, 4.69) is 55.8 Å². The molecule has 1 fully saturated rings. The first-order valence-corrected chi connectivity index (χ1v) is 8.25. The molecule has 0 N–H and O–H groups in total. The van der Waals surface area contributed by atoms with Gasteiger partial charge in [-0.3, -0.25) is 4.68 Å². The highest BCUT2D eigenvalue weighted by molar-refractivity contribution is 9.10. The van der Waals surface area contributed by atoms with E-state index in [9.17, 15) is 0 Å². The van der Waals surface area contributed by atoms with Gasteiger partial charge in [0.05, 0.1) is 15.9 Å². The molecule has 102 valence electrons. The molecule has 0 radical (unpaired) electrons. The number of alkyl halides is 1. The van der Waals surface area contributed by atoms with Gasteiger partial charge in [-0.1, -0.05) is 22.9 Å². The van der Waals surface area contributed by atoms with Crippen molar-refractivity contribution in [3.8, 4) is 0 Å². The van der Waals surface area contributed by atoms with Crippen LogP contribution in [0.2, 0.25) is 0 Å². The molecular formula is C13H21Br2N3. The van der Waals surface area contributed by atoms with E-state index < -0.39 is 0 Å². The monoisotopic (exact) mass is 377 g/mol. The van der Waals surface area contributed by atoms with E-state index in [0.29, 0.717) is 0 Å². The van der Waals surface area contributed by atoms with Gasteiger partial charge in [0.2, 0.25) is 0 Å². The van der Waals surface area contributed by atoms with Crippen LogP contribution in [0.4, 0.5) is 0 Å². The molecule has 1 aromatic rings. The summed E-state index contributed by atoms with van der Waals surface area (Å²) in [4.78, 5) is 3.16. The molecule has 0 aliphatic heterocycles. The summed E-state index contributed by atoms with van der Waals surface area (Å²) in [6, 6.07) is 0. The second kappa shape index (κ2) is 6.06. The van der Waals surface area contributed by atoms with Crippen molar-refractivity contribution < 1.29 is 0 Å². The van der Waals surface area contributed by atoms with Crippen molar-refractivity contribution in [2.45, 2.75) is 37.6 Å². The van der Waals surface area contributed by atoms with Crippen molar-refractivity contribution in [3.05, 3.63) is 15.9 Å². The summed E-state index contributed by atoms with van der Waals surface area (Å²) in [7, 11) is 4.23. The van der Waals surface area contributed by atoms with Gasteiger partial charge in [0.15, 0.2) is 0 Å². The zero-order chi connectivity index (χ0) is 13.3. The first kappa shape index (κ1) is 14.5. The molecule has 2 rings (SSSR count). The van der Waals surface area contributed by atoms with Crippen LogP contribution in [0.5, 0.6) is 0 Å². The third-order valence-electron chi connectivity index (χ3n) is 3.67. The lowest BCUT2D eigenvalue weighted by Crippen LogP contribution is -2.34. The Morgan fingerprint density at radius 1 is 1.44 bits per heavy atom. The zero-order valence-corrected chi connectivity index (χ0v) is 14.5. The number of halogens is 2. The van der Waals surface area contributed by atoms with E-state index in [1.54, 1.807) is 0 Å². The van der Waals surface area contributed by atoms with E-state index in [1.165, 1.54) is 29.6 Å². The fraction of sp³-hybridized carbons (Fsp3) is 0.769. The number of aromatic nitrogens is 2. The lowest BCUT2D eigenvalue weighted by atomic mass is 9.85. The van der Waals surface area contributed by atoms with E-state index in [-0.39, 0.29) is 0 Å². The molecule has 1 aliphatic rings. The Morgan fingerprint density at radius 2 is 2.11 bits per heavy atom. The van der Waals surface area contributed by atoms with E-state index >= 15 is 0 Å². The molecule has 1 aromatic heterocycles. The average Bonchev–Trinajstić information content (AvgIpc) is 2.54. The lowest BCUT2D eigenvalue weighted by molar-refractivity contribution is 0.204. The van der Waals surface area contributed by atoms with Crippen LogP contribution in [0.3, 0.4) is 0 Å². The predicted molar refractivity (Wildman–Crippen MR) is 82.1 cm³/mol. The Balaban J connectivity index is 1.94. The normalized spacial score (nSPS) is 23.4. The second-order valence-electron chi connectivity index (χ2n) is 5.32. The maximum absolute atomic E-state index is 4.54. The van der Waals surface area contributed by atoms with Crippen LogP contribution < -0.4 is 0 Å². The van der Waals surface area contributed by atoms with Crippen molar-refractivity contribution >= 4 is 31.9 Å². The van der Waals surface area contributed by atoms with Crippen molar-refractivity contribution in [1.29, 1.82) is 0 Å². The molecule has 0 saturated heterocycles. The summed E-state index contributed by atoms with van der Waals surface area (Å²) in [5.41, 5.74) is 2.44. The van der Waals surface area contributed by atoms with Gasteiger partial charge >= 0.3 is 0 Å². The number of aryl methyl sites for hydroxylation is 2. The average molecular weight is 379 g/mol. The Kier molecular flexibility index (Phi) is 4.89. The minimum atomic E-state index is 0.756. The summed E-state index contributed by atoms with van der Waals surface area (Å²) in [5.74, 6) is 0.858. The van der Waals surface area contributed by atoms with Crippen LogP contribution in [0.1, 0.15) is 31.2 Å². The minimum Gasteiger partial charge on any atom is -0.300 e. The standard InChI is InChI=1S/C13H21Br2N3/c1-4-11-13(15)12(18(3)16-11)8-17(2)7-9-5-10(14)6-9/h9-10H,4-8H2,1-3H3. The van der Waals surface area contributed by atoms with Crippen molar-refractivity contribution in [1.82, 2.24) is 14.7 Å². The van der Waals surface area contributed by atoms with Crippen LogP contribution in [0.25, 0.3) is 0 Å². The zero-order valence-electron chi connectivity index (χ0n) is 11.3. The van der Waals surface area contributed by atoms with E-state index in [0.717, 1.165) is 29.4 Å². The van der Waals surface area contributed by atoms with Crippen LogP contribution in [-0.4, -0.2) is 33.1 Å². The van der Waals surface area contributed by atoms with Gasteiger partial charge < -0.3 is 4.90 Å². The Bertz CT molecular complexity index is 411. The number of hydrogen-bond acceptors (Lipinski definition) is 2. The fourth-order valence-corrected chi connectivity index (χ4v) is 4.36. The summed E-state index contributed by atoms with van der Waals surface area (Å²) in [5, 5.41) is 4.54. The SMILES string of the molecule is CCc1nn(C)c(CN(C)CC2CC(Br)C2)c1Br. The molecular weight excluding hydrogens is 358 g/mol. The highest BCUT2D eigenvalue weighted by atomic mass is 79.9. The lowest BCUT2D eigenvalue weighted by Gasteiger charge is -2.34. The van der Waals surface area contributed by atoms with Gasteiger partial charge in [-0.2, -0.15) is 5.10 Å². The molecule has 0 amide bonds. The molecule has 1 aliphatic carbocycles. The van der Waals surface area contributed by atoms with Crippen LogP contribution in [0.15, 0.2) is 4.47 Å². The van der Waals surface area contributed by atoms with Gasteiger partial charge in [-0.25, -0.2) is 0 Å². The highest BCUT2D eigenvalue weighted by Crippen LogP contribution is 2.34. The molecule has 0 spiro atoms. The molecule has 0 atom stereocenters. The van der Waals surface area contributed by atoms with Gasteiger partial charge in [0.1, 0.15) is 0 Å². The molecule has 1 heterocycles. The Morgan fingerprint density at radius 3 is 2.61 bits per heavy atom. The third kappa shape index (κ3) is 3.17. The number of rotatable bonds is 5. The van der Waals surface area contributed by atoms with Crippen LogP contribution in [0, 0.1) is 5.92 Å². The summed E-state index contributed by atoms with van der Waals surface area (Å²) in [6.07, 6.45) is 3.61. The summed E-state index contributed by atoms with van der Waals surface area (Å²) >= 11 is 7.33. The van der Waals surface area contributed by atoms with Gasteiger partial charge in [-0.05, 0) is 48.2 Å². The number of nitrogens with zero attached hydrogens (tertiary/aromatic N) is 3.